The molecule has 0 bridgehead atoms. The highest BCUT2D eigenvalue weighted by Gasteiger charge is 2.91. The SMILES string of the molecule is C[C@H]1C[C@H]2O[C@@]34CC[C@H]5C6CCC7=C[C@@H](O)CC[C@]7(C)[C@H]6CC56CC63C[C@@H]4[C@@H]2N(CP)C1. The summed E-state index contributed by atoms with van der Waals surface area (Å²) in [6, 6.07) is 0.694. The molecular formula is C28H42NO2P. The first-order valence-electron chi connectivity index (χ1n) is 13.9. The number of hydrogen-bond acceptors (Lipinski definition) is 3. The lowest BCUT2D eigenvalue weighted by atomic mass is 9.47. The molecule has 1 N–H and O–H groups in total. The number of fused-ring (bicyclic) bond motifs is 6. The predicted octanol–water partition coefficient (Wildman–Crippen LogP) is 4.99. The molecular weight excluding hydrogens is 413 g/mol. The molecule has 2 heterocycles. The lowest BCUT2D eigenvalue weighted by Crippen LogP contribution is -2.64. The van der Waals surface area contributed by atoms with E-state index in [4.69, 9.17) is 4.74 Å². The van der Waals surface area contributed by atoms with Crippen molar-refractivity contribution in [3.05, 3.63) is 11.6 Å². The van der Waals surface area contributed by atoms with E-state index in [-0.39, 0.29) is 11.7 Å². The highest BCUT2D eigenvalue weighted by Crippen LogP contribution is 2.93. The number of nitrogens with zero attached hydrogens (tertiary/aromatic N) is 1. The maximum atomic E-state index is 10.3. The number of ether oxygens (including phenoxy) is 1. The number of hydrogen-bond donors (Lipinski definition) is 1. The Morgan fingerprint density at radius 1 is 1.16 bits per heavy atom. The number of piperidine rings is 1. The molecule has 5 saturated carbocycles. The van der Waals surface area contributed by atoms with Gasteiger partial charge in [0.15, 0.2) is 0 Å². The average Bonchev–Trinajstić information content (AvgIpc) is 3.25. The van der Waals surface area contributed by atoms with Crippen molar-refractivity contribution in [3.8, 4) is 0 Å². The van der Waals surface area contributed by atoms with E-state index in [9.17, 15) is 5.11 Å². The van der Waals surface area contributed by atoms with Crippen LogP contribution in [0, 0.1) is 45.8 Å². The van der Waals surface area contributed by atoms with E-state index in [0.717, 1.165) is 42.3 Å². The molecule has 3 spiro atoms. The van der Waals surface area contributed by atoms with E-state index in [0.29, 0.717) is 28.4 Å². The summed E-state index contributed by atoms with van der Waals surface area (Å²) in [6.45, 7) is 6.29. The Kier molecular flexibility index (Phi) is 3.83. The predicted molar refractivity (Wildman–Crippen MR) is 129 cm³/mol. The molecule has 4 heteroatoms. The summed E-state index contributed by atoms with van der Waals surface area (Å²) in [5.74, 6) is 4.34. The molecule has 2 aliphatic heterocycles. The van der Waals surface area contributed by atoms with Crippen molar-refractivity contribution in [3.63, 3.8) is 0 Å². The van der Waals surface area contributed by atoms with Crippen LogP contribution >= 0.6 is 9.24 Å². The molecule has 0 radical (unpaired) electrons. The van der Waals surface area contributed by atoms with Crippen LogP contribution in [0.4, 0.5) is 0 Å². The molecule has 8 aliphatic rings. The lowest BCUT2D eigenvalue weighted by Gasteiger charge is -2.60. The minimum absolute atomic E-state index is 0.184. The molecule has 7 fully saturated rings. The van der Waals surface area contributed by atoms with E-state index in [1.807, 2.05) is 0 Å². The van der Waals surface area contributed by atoms with Crippen molar-refractivity contribution in [1.82, 2.24) is 4.90 Å². The quantitative estimate of drug-likeness (QED) is 0.447. The Morgan fingerprint density at radius 2 is 2.03 bits per heavy atom. The van der Waals surface area contributed by atoms with Crippen molar-refractivity contribution in [2.45, 2.75) is 102 Å². The second-order valence-electron chi connectivity index (χ2n) is 13.9. The van der Waals surface area contributed by atoms with Gasteiger partial charge >= 0.3 is 0 Å². The fraction of sp³-hybridized carbons (Fsp3) is 0.929. The highest BCUT2D eigenvalue weighted by molar-refractivity contribution is 7.16. The summed E-state index contributed by atoms with van der Waals surface area (Å²) in [7, 11) is 3.02. The largest absolute Gasteiger partial charge is 0.389 e. The van der Waals surface area contributed by atoms with Crippen LogP contribution in [-0.4, -0.2) is 46.7 Å². The fourth-order valence-electron chi connectivity index (χ4n) is 12.2. The van der Waals surface area contributed by atoms with Crippen LogP contribution < -0.4 is 0 Å². The summed E-state index contributed by atoms with van der Waals surface area (Å²) in [5.41, 5.74) is 3.36. The highest BCUT2D eigenvalue weighted by atomic mass is 31.0. The minimum Gasteiger partial charge on any atom is -0.389 e. The molecule has 0 aromatic heterocycles. The van der Waals surface area contributed by atoms with Gasteiger partial charge in [0.1, 0.15) is 0 Å². The van der Waals surface area contributed by atoms with Gasteiger partial charge in [0, 0.05) is 30.2 Å². The molecule has 0 aromatic carbocycles. The molecule has 8 rings (SSSR count). The first kappa shape index (κ1) is 20.3. The molecule has 0 amide bonds. The monoisotopic (exact) mass is 455 g/mol. The van der Waals surface area contributed by atoms with Gasteiger partial charge in [-0.3, -0.25) is 4.90 Å². The van der Waals surface area contributed by atoms with E-state index < -0.39 is 0 Å². The summed E-state index contributed by atoms with van der Waals surface area (Å²) >= 11 is 0. The molecule has 32 heavy (non-hydrogen) atoms. The summed E-state index contributed by atoms with van der Waals surface area (Å²) in [5, 5.41) is 10.3. The van der Waals surface area contributed by atoms with Crippen molar-refractivity contribution >= 4 is 9.24 Å². The lowest BCUT2D eigenvalue weighted by molar-refractivity contribution is -0.211. The van der Waals surface area contributed by atoms with Crippen LogP contribution in [0.1, 0.15) is 78.1 Å². The van der Waals surface area contributed by atoms with Crippen molar-refractivity contribution in [1.29, 1.82) is 0 Å². The Balaban J connectivity index is 1.14. The maximum absolute atomic E-state index is 10.3. The first-order valence-corrected chi connectivity index (χ1v) is 14.7. The Morgan fingerprint density at radius 3 is 2.88 bits per heavy atom. The molecule has 176 valence electrons. The minimum atomic E-state index is -0.184. The molecule has 0 aromatic rings. The standard InChI is InChI=1S/C28H42NO2P/c1-16-9-23-24(29(13-16)15-32)22-12-27-14-26(27)11-21-19(20(26)6-8-28(22,27)31-23)4-3-17-10-18(30)5-7-25(17,21)2/h10,16,18-24,30H,3-9,11-15,32H2,1-2H3/t16-,18-,19?,20-,21-,22+,23+,24-,25-,26?,27?,28+/m0/s1. The third-order valence-electron chi connectivity index (χ3n) is 13.2. The zero-order valence-electron chi connectivity index (χ0n) is 20.1. The van der Waals surface area contributed by atoms with Crippen molar-refractivity contribution < 1.29 is 9.84 Å². The van der Waals surface area contributed by atoms with Gasteiger partial charge in [-0.2, -0.15) is 0 Å². The zero-order chi connectivity index (χ0) is 21.7. The van der Waals surface area contributed by atoms with Crippen LogP contribution in [0.25, 0.3) is 0 Å². The van der Waals surface area contributed by atoms with Crippen molar-refractivity contribution in [2.75, 3.05) is 12.8 Å². The summed E-state index contributed by atoms with van der Waals surface area (Å²) in [6.07, 6.45) is 17.1. The second-order valence-corrected chi connectivity index (χ2v) is 14.3. The number of likely N-dealkylation sites (tertiary alicyclic amines) is 1. The van der Waals surface area contributed by atoms with E-state index in [1.54, 1.807) is 5.57 Å². The zero-order valence-corrected chi connectivity index (χ0v) is 21.2. The first-order chi connectivity index (χ1) is 15.4. The van der Waals surface area contributed by atoms with E-state index >= 15 is 0 Å². The smallest absolute Gasteiger partial charge is 0.0793 e. The third-order valence-corrected chi connectivity index (χ3v) is 13.7. The number of aliphatic hydroxyl groups excluding tert-OH is 1. The summed E-state index contributed by atoms with van der Waals surface area (Å²) < 4.78 is 7.31. The van der Waals surface area contributed by atoms with Crippen LogP contribution in [0.15, 0.2) is 11.6 Å². The molecule has 13 atom stereocenters. The summed E-state index contributed by atoms with van der Waals surface area (Å²) in [4.78, 5) is 2.77. The van der Waals surface area contributed by atoms with Gasteiger partial charge in [-0.1, -0.05) is 25.5 Å². The molecule has 3 nitrogen and oxygen atoms in total. The Labute approximate surface area is 196 Å². The molecule has 6 aliphatic carbocycles. The van der Waals surface area contributed by atoms with Gasteiger partial charge in [-0.15, -0.1) is 9.24 Å². The Hall–Kier alpha value is 0.0500. The fourth-order valence-corrected chi connectivity index (χ4v) is 12.5. The normalized spacial score (nSPS) is 64.1. The average molecular weight is 456 g/mol. The van der Waals surface area contributed by atoms with Crippen LogP contribution in [0.5, 0.6) is 0 Å². The molecule has 4 unspecified atom stereocenters. The van der Waals surface area contributed by atoms with Gasteiger partial charge in [-0.05, 0) is 98.7 Å². The maximum Gasteiger partial charge on any atom is 0.0793 e. The number of aliphatic hydroxyl groups is 1. The van der Waals surface area contributed by atoms with Crippen molar-refractivity contribution in [2.24, 2.45) is 45.8 Å². The van der Waals surface area contributed by atoms with Gasteiger partial charge in [0.25, 0.3) is 0 Å². The third kappa shape index (κ3) is 2.02. The van der Waals surface area contributed by atoms with Crippen LogP contribution in [-0.2, 0) is 4.74 Å². The topological polar surface area (TPSA) is 32.7 Å². The van der Waals surface area contributed by atoms with Gasteiger partial charge in [-0.25, -0.2) is 0 Å². The van der Waals surface area contributed by atoms with E-state index in [2.05, 4.69) is 34.1 Å². The van der Waals surface area contributed by atoms with Gasteiger partial charge < -0.3 is 9.84 Å². The van der Waals surface area contributed by atoms with E-state index in [1.165, 1.54) is 64.3 Å². The van der Waals surface area contributed by atoms with Gasteiger partial charge in [0.05, 0.1) is 17.8 Å². The second kappa shape index (κ2) is 6.05. The number of rotatable bonds is 1. The number of allylic oxidation sites excluding steroid dienone is 1. The molecule has 2 saturated heterocycles. The van der Waals surface area contributed by atoms with Crippen LogP contribution in [0.3, 0.4) is 0 Å². The van der Waals surface area contributed by atoms with Gasteiger partial charge in [0.2, 0.25) is 0 Å². The van der Waals surface area contributed by atoms with Crippen LogP contribution in [0.2, 0.25) is 0 Å². The Bertz CT molecular complexity index is 906.